The second kappa shape index (κ2) is 6.68. The van der Waals surface area contributed by atoms with Crippen molar-refractivity contribution in [2.75, 3.05) is 45.4 Å². The van der Waals surface area contributed by atoms with Gasteiger partial charge in [-0.25, -0.2) is 9.18 Å². The topological polar surface area (TPSA) is 93.0 Å². The first-order valence-electron chi connectivity index (χ1n) is 10.1. The first-order chi connectivity index (χ1) is 14.4. The van der Waals surface area contributed by atoms with E-state index in [9.17, 15) is 14.7 Å². The Balaban J connectivity index is 1.74. The second-order valence-electron chi connectivity index (χ2n) is 8.53. The molecule has 1 atom stereocenters. The average Bonchev–Trinajstić information content (AvgIpc) is 3.45. The van der Waals surface area contributed by atoms with Crippen molar-refractivity contribution in [1.82, 2.24) is 9.88 Å². The van der Waals surface area contributed by atoms with Gasteiger partial charge in [0.25, 0.3) is 0 Å². The Labute approximate surface area is 172 Å². The van der Waals surface area contributed by atoms with Crippen molar-refractivity contribution in [3.8, 4) is 5.75 Å². The van der Waals surface area contributed by atoms with E-state index in [0.29, 0.717) is 37.5 Å². The number of nitrogens with one attached hydrogen (secondary N) is 1. The van der Waals surface area contributed by atoms with Gasteiger partial charge in [0, 0.05) is 31.4 Å². The molecule has 1 unspecified atom stereocenters. The third-order valence-electron chi connectivity index (χ3n) is 6.66. The van der Waals surface area contributed by atoms with Crippen LogP contribution in [0.2, 0.25) is 0 Å². The summed E-state index contributed by atoms with van der Waals surface area (Å²) in [6.07, 6.45) is 3.12. The highest BCUT2D eigenvalue weighted by atomic mass is 19.1. The maximum absolute atomic E-state index is 15.4. The zero-order valence-corrected chi connectivity index (χ0v) is 16.9. The van der Waals surface area contributed by atoms with Crippen LogP contribution in [-0.2, 0) is 4.74 Å². The molecule has 1 aliphatic carbocycles. The molecule has 9 heteroatoms. The largest absolute Gasteiger partial charge is 0.492 e. The van der Waals surface area contributed by atoms with E-state index in [2.05, 4.69) is 5.32 Å². The highest BCUT2D eigenvalue weighted by Crippen LogP contribution is 2.47. The molecule has 2 aromatic rings. The van der Waals surface area contributed by atoms with Gasteiger partial charge >= 0.3 is 5.97 Å². The summed E-state index contributed by atoms with van der Waals surface area (Å²) in [5.74, 6) is -1.63. The molecule has 1 aromatic heterocycles. The highest BCUT2D eigenvalue weighted by Gasteiger charge is 2.52. The number of aromatic nitrogens is 1. The smallest absolute Gasteiger partial charge is 0.341 e. The molecule has 5 rings (SSSR count). The molecule has 0 bridgehead atoms. The number of hydrogen-bond donors (Lipinski definition) is 2. The summed E-state index contributed by atoms with van der Waals surface area (Å²) in [4.78, 5) is 26.4. The molecule has 2 aliphatic heterocycles. The molecule has 8 nitrogen and oxygen atoms in total. The maximum Gasteiger partial charge on any atom is 0.341 e. The van der Waals surface area contributed by atoms with Crippen molar-refractivity contribution in [3.05, 3.63) is 33.9 Å². The highest BCUT2D eigenvalue weighted by molar-refractivity contribution is 5.97. The van der Waals surface area contributed by atoms with E-state index in [-0.39, 0.29) is 34.2 Å². The Kier molecular flexibility index (Phi) is 4.30. The minimum absolute atomic E-state index is 0.0333. The van der Waals surface area contributed by atoms with Crippen LogP contribution < -0.4 is 20.4 Å². The van der Waals surface area contributed by atoms with Crippen molar-refractivity contribution in [2.24, 2.45) is 5.41 Å². The van der Waals surface area contributed by atoms with Gasteiger partial charge in [-0.15, -0.1) is 0 Å². The predicted molar refractivity (Wildman–Crippen MR) is 108 cm³/mol. The van der Waals surface area contributed by atoms with Crippen LogP contribution in [0.5, 0.6) is 5.75 Å². The molecule has 2 N–H and O–H groups in total. The number of rotatable bonds is 5. The van der Waals surface area contributed by atoms with E-state index in [0.717, 1.165) is 18.9 Å². The molecule has 160 valence electrons. The fraction of sp³-hybridized carbons (Fsp3) is 0.524. The van der Waals surface area contributed by atoms with Gasteiger partial charge in [0.15, 0.2) is 11.6 Å². The Morgan fingerprint density at radius 2 is 2.13 bits per heavy atom. The summed E-state index contributed by atoms with van der Waals surface area (Å²) in [7, 11) is 3.35. The second-order valence-corrected chi connectivity index (χ2v) is 8.53. The number of nitrogens with zero attached hydrogens (tertiary/aromatic N) is 2. The number of pyridine rings is 1. The molecule has 1 aromatic carbocycles. The Morgan fingerprint density at radius 3 is 2.63 bits per heavy atom. The quantitative estimate of drug-likeness (QED) is 0.764. The number of benzene rings is 1. The third kappa shape index (κ3) is 2.65. The lowest BCUT2D eigenvalue weighted by Crippen LogP contribution is -2.55. The molecule has 30 heavy (non-hydrogen) atoms. The van der Waals surface area contributed by atoms with E-state index in [1.165, 1.54) is 13.3 Å². The molecule has 3 heterocycles. The average molecular weight is 417 g/mol. The molecule has 2 saturated heterocycles. The third-order valence-corrected chi connectivity index (χ3v) is 6.66. The lowest BCUT2D eigenvalue weighted by molar-refractivity contribution is -0.111. The van der Waals surface area contributed by atoms with Gasteiger partial charge in [0.1, 0.15) is 11.3 Å². The monoisotopic (exact) mass is 417 g/mol. The fourth-order valence-corrected chi connectivity index (χ4v) is 4.92. The lowest BCUT2D eigenvalue weighted by atomic mass is 9.81. The molecular weight excluding hydrogens is 393 g/mol. The standard InChI is InChI=1S/C21H24FN3O5/c1-23-15-7-24(8-21(15)9-30-10-21)17-14(22)5-12-16(19(17)29-2)25(11-3-4-11)6-13(18(12)26)20(27)28/h5-6,11,15,23H,3-4,7-10H2,1-2H3,(H,27,28). The Bertz CT molecular complexity index is 1110. The van der Waals surface area contributed by atoms with Gasteiger partial charge in [-0.1, -0.05) is 0 Å². The Hall–Kier alpha value is -2.65. The van der Waals surface area contributed by atoms with Gasteiger partial charge < -0.3 is 29.4 Å². The summed E-state index contributed by atoms with van der Waals surface area (Å²) in [5.41, 5.74) is -0.365. The van der Waals surface area contributed by atoms with Gasteiger partial charge in [-0.2, -0.15) is 0 Å². The van der Waals surface area contributed by atoms with Crippen LogP contribution >= 0.6 is 0 Å². The summed E-state index contributed by atoms with van der Waals surface area (Å²) >= 11 is 0. The minimum Gasteiger partial charge on any atom is -0.492 e. The number of methoxy groups -OCH3 is 1. The number of carboxylic acid groups (broad SMARTS) is 1. The predicted octanol–water partition coefficient (Wildman–Crippen LogP) is 1.61. The van der Waals surface area contributed by atoms with Crippen molar-refractivity contribution >= 4 is 22.6 Å². The van der Waals surface area contributed by atoms with E-state index < -0.39 is 17.2 Å². The number of carboxylic acids is 1. The molecule has 0 amide bonds. The minimum atomic E-state index is -1.32. The summed E-state index contributed by atoms with van der Waals surface area (Å²) in [6.45, 7) is 2.42. The van der Waals surface area contributed by atoms with Crippen LogP contribution in [0.15, 0.2) is 17.1 Å². The number of fused-ring (bicyclic) bond motifs is 1. The first-order valence-corrected chi connectivity index (χ1v) is 10.1. The zero-order chi connectivity index (χ0) is 21.2. The van der Waals surface area contributed by atoms with Crippen molar-refractivity contribution in [3.63, 3.8) is 0 Å². The molecule has 1 spiro atoms. The van der Waals surface area contributed by atoms with Crippen LogP contribution in [0.1, 0.15) is 29.2 Å². The SMILES string of the molecule is CNC1CN(c2c(F)cc3c(=O)c(C(=O)O)cn(C4CC4)c3c2OC)CC12COC2. The fourth-order valence-electron chi connectivity index (χ4n) is 4.92. The van der Waals surface area contributed by atoms with Crippen molar-refractivity contribution in [2.45, 2.75) is 24.9 Å². The number of carbonyl (C=O) groups is 1. The number of anilines is 1. The molecule has 1 saturated carbocycles. The maximum atomic E-state index is 15.4. The summed E-state index contributed by atoms with van der Waals surface area (Å²) < 4.78 is 28.3. The van der Waals surface area contributed by atoms with Crippen LogP contribution in [0, 0.1) is 11.2 Å². The summed E-state index contributed by atoms with van der Waals surface area (Å²) in [6, 6.07) is 1.39. The van der Waals surface area contributed by atoms with Crippen molar-refractivity contribution in [1.29, 1.82) is 0 Å². The first kappa shape index (κ1) is 19.3. The van der Waals surface area contributed by atoms with Gasteiger partial charge in [0.05, 0.1) is 36.6 Å². The normalized spacial score (nSPS) is 22.5. The van der Waals surface area contributed by atoms with E-state index >= 15 is 4.39 Å². The van der Waals surface area contributed by atoms with Crippen LogP contribution in [0.25, 0.3) is 10.9 Å². The lowest BCUT2D eigenvalue weighted by Gasteiger charge is -2.42. The van der Waals surface area contributed by atoms with Gasteiger partial charge in [0.2, 0.25) is 5.43 Å². The van der Waals surface area contributed by atoms with Gasteiger partial charge in [-0.05, 0) is 26.0 Å². The number of halogens is 1. The number of likely N-dealkylation sites (N-methyl/N-ethyl adjacent to an activating group) is 1. The summed E-state index contributed by atoms with van der Waals surface area (Å²) in [5, 5.41) is 12.8. The Morgan fingerprint density at radius 1 is 1.40 bits per heavy atom. The van der Waals surface area contributed by atoms with Crippen LogP contribution in [-0.4, -0.2) is 62.1 Å². The zero-order valence-electron chi connectivity index (χ0n) is 16.9. The molecule has 3 aliphatic rings. The van der Waals surface area contributed by atoms with Crippen molar-refractivity contribution < 1.29 is 23.8 Å². The molecule has 0 radical (unpaired) electrons. The van der Waals surface area contributed by atoms with Crippen LogP contribution in [0.3, 0.4) is 0 Å². The van der Waals surface area contributed by atoms with Gasteiger partial charge in [-0.3, -0.25) is 4.79 Å². The number of ether oxygens (including phenoxy) is 2. The van der Waals surface area contributed by atoms with E-state index in [1.54, 1.807) is 4.57 Å². The van der Waals surface area contributed by atoms with E-state index in [4.69, 9.17) is 9.47 Å². The molecule has 3 fully saturated rings. The number of hydrogen-bond acceptors (Lipinski definition) is 6. The molecular formula is C21H24FN3O5. The van der Waals surface area contributed by atoms with Crippen LogP contribution in [0.4, 0.5) is 10.1 Å². The van der Waals surface area contributed by atoms with E-state index in [1.807, 2.05) is 11.9 Å². The number of aromatic carboxylic acids is 1.